The Morgan fingerprint density at radius 2 is 1.45 bits per heavy atom. The van der Waals surface area contributed by atoms with Crippen LogP contribution in [0.25, 0.3) is 0 Å². The Balaban J connectivity index is 3.49. The molecule has 0 radical (unpaired) electrons. The molecule has 1 atom stereocenters. The monoisotopic (exact) mass is 438 g/mol. The molecule has 7 heteroatoms. The summed E-state index contributed by atoms with van der Waals surface area (Å²) in [6.45, 7) is 2.71. The Hall–Kier alpha value is -1.89. The molecule has 0 aromatic heterocycles. The van der Waals surface area contributed by atoms with Crippen molar-refractivity contribution >= 4 is 17.9 Å². The molecule has 0 rings (SSSR count). The highest BCUT2D eigenvalue weighted by molar-refractivity contribution is 5.88. The van der Waals surface area contributed by atoms with E-state index in [0.29, 0.717) is 19.4 Å². The van der Waals surface area contributed by atoms with Crippen molar-refractivity contribution in [2.24, 2.45) is 11.5 Å². The molecule has 0 fully saturated rings. The summed E-state index contributed by atoms with van der Waals surface area (Å²) < 4.78 is 4.81. The third-order valence-corrected chi connectivity index (χ3v) is 5.17. The molecule has 7 nitrogen and oxygen atoms in total. The maximum Gasteiger partial charge on any atom is 0.330 e. The zero-order chi connectivity index (χ0) is 23.2. The predicted octanol–water partition coefficient (Wildman–Crippen LogP) is 4.68. The largest absolute Gasteiger partial charge is 0.392 e. The maximum atomic E-state index is 11.8. The van der Waals surface area contributed by atoms with Crippen LogP contribution in [0.4, 0.5) is 0 Å². The van der Waals surface area contributed by atoms with Gasteiger partial charge in [-0.25, -0.2) is 4.79 Å². The van der Waals surface area contributed by atoms with Crippen LogP contribution in [0.5, 0.6) is 0 Å². The molecule has 0 aliphatic heterocycles. The van der Waals surface area contributed by atoms with E-state index in [9.17, 15) is 9.59 Å². The summed E-state index contributed by atoms with van der Waals surface area (Å²) >= 11 is 0. The number of allylic oxidation sites excluding steroid dienone is 2. The topological polar surface area (TPSA) is 131 Å². The van der Waals surface area contributed by atoms with Crippen molar-refractivity contribution < 1.29 is 14.3 Å². The quantitative estimate of drug-likeness (QED) is 0.0545. The molecule has 0 aromatic carbocycles. The van der Waals surface area contributed by atoms with Crippen molar-refractivity contribution in [2.45, 2.75) is 116 Å². The highest BCUT2D eigenvalue weighted by Crippen LogP contribution is 2.10. The van der Waals surface area contributed by atoms with Crippen LogP contribution in [0.1, 0.15) is 110 Å². The SMILES string of the molecule is CCCCCCCC/C=C\CCCCCCCC(=O)OC(=O)[C@@H](N)CCCNC(=N)N. The van der Waals surface area contributed by atoms with Crippen LogP contribution in [-0.2, 0) is 14.3 Å². The molecular weight excluding hydrogens is 392 g/mol. The minimum absolute atomic E-state index is 0.119. The van der Waals surface area contributed by atoms with E-state index < -0.39 is 18.0 Å². The van der Waals surface area contributed by atoms with Gasteiger partial charge < -0.3 is 21.5 Å². The number of nitrogens with two attached hydrogens (primary N) is 2. The van der Waals surface area contributed by atoms with E-state index in [2.05, 4.69) is 24.4 Å². The minimum Gasteiger partial charge on any atom is -0.392 e. The fraction of sp³-hybridized carbons (Fsp3) is 0.792. The Labute approximate surface area is 189 Å². The number of carbonyl (C=O) groups is 2. The number of hydrogen-bond acceptors (Lipinski definition) is 5. The van der Waals surface area contributed by atoms with E-state index in [1.807, 2.05) is 0 Å². The Morgan fingerprint density at radius 3 is 2.03 bits per heavy atom. The lowest BCUT2D eigenvalue weighted by Gasteiger charge is -2.10. The smallest absolute Gasteiger partial charge is 0.330 e. The number of hydrogen-bond donors (Lipinski definition) is 4. The van der Waals surface area contributed by atoms with E-state index in [1.165, 1.54) is 51.4 Å². The highest BCUT2D eigenvalue weighted by Gasteiger charge is 2.18. The summed E-state index contributed by atoms with van der Waals surface area (Å²) in [6, 6.07) is -0.827. The van der Waals surface area contributed by atoms with Gasteiger partial charge in [0.1, 0.15) is 6.04 Å². The number of esters is 2. The molecule has 0 amide bonds. The van der Waals surface area contributed by atoms with Gasteiger partial charge in [0.15, 0.2) is 5.96 Å². The Kier molecular flexibility index (Phi) is 20.0. The van der Waals surface area contributed by atoms with Crippen LogP contribution in [-0.4, -0.2) is 30.5 Å². The second kappa shape index (κ2) is 21.3. The van der Waals surface area contributed by atoms with Gasteiger partial charge in [0, 0.05) is 13.0 Å². The van der Waals surface area contributed by atoms with Crippen LogP contribution in [0.3, 0.4) is 0 Å². The van der Waals surface area contributed by atoms with Crippen molar-refractivity contribution in [3.05, 3.63) is 12.2 Å². The molecule has 0 unspecified atom stereocenters. The molecule has 0 saturated carbocycles. The zero-order valence-corrected chi connectivity index (χ0v) is 19.6. The maximum absolute atomic E-state index is 11.8. The van der Waals surface area contributed by atoms with Crippen molar-refractivity contribution in [3.63, 3.8) is 0 Å². The number of nitrogens with one attached hydrogen (secondary N) is 2. The van der Waals surface area contributed by atoms with Gasteiger partial charge in [-0.1, -0.05) is 70.4 Å². The fourth-order valence-corrected chi connectivity index (χ4v) is 3.24. The average molecular weight is 439 g/mol. The molecule has 0 heterocycles. The number of ether oxygens (including phenoxy) is 1. The first-order valence-corrected chi connectivity index (χ1v) is 12.2. The third kappa shape index (κ3) is 21.1. The lowest BCUT2D eigenvalue weighted by atomic mass is 10.1. The van der Waals surface area contributed by atoms with Gasteiger partial charge in [0.05, 0.1) is 0 Å². The van der Waals surface area contributed by atoms with Crippen LogP contribution >= 0.6 is 0 Å². The molecule has 0 saturated heterocycles. The summed E-state index contributed by atoms with van der Waals surface area (Å²) in [6.07, 6.45) is 21.4. The second-order valence-corrected chi connectivity index (χ2v) is 8.22. The van der Waals surface area contributed by atoms with E-state index >= 15 is 0 Å². The zero-order valence-electron chi connectivity index (χ0n) is 19.6. The summed E-state index contributed by atoms with van der Waals surface area (Å²) in [5.74, 6) is -1.30. The normalized spacial score (nSPS) is 12.1. The molecule has 0 aliphatic carbocycles. The number of guanidine groups is 1. The first-order valence-electron chi connectivity index (χ1n) is 12.2. The molecular formula is C24H46N4O3. The van der Waals surface area contributed by atoms with E-state index in [1.54, 1.807) is 0 Å². The highest BCUT2D eigenvalue weighted by atomic mass is 16.6. The van der Waals surface area contributed by atoms with Gasteiger partial charge in [-0.15, -0.1) is 0 Å². The molecule has 0 bridgehead atoms. The summed E-state index contributed by atoms with van der Waals surface area (Å²) in [4.78, 5) is 23.5. The molecule has 0 aliphatic rings. The van der Waals surface area contributed by atoms with Crippen LogP contribution in [0, 0.1) is 5.41 Å². The first-order chi connectivity index (χ1) is 15.0. The number of carbonyl (C=O) groups excluding carboxylic acids is 2. The van der Waals surface area contributed by atoms with E-state index in [-0.39, 0.29) is 12.4 Å². The average Bonchev–Trinajstić information content (AvgIpc) is 2.73. The van der Waals surface area contributed by atoms with Gasteiger partial charge >= 0.3 is 11.9 Å². The summed E-state index contributed by atoms with van der Waals surface area (Å²) in [7, 11) is 0. The van der Waals surface area contributed by atoms with E-state index in [0.717, 1.165) is 32.1 Å². The molecule has 180 valence electrons. The summed E-state index contributed by atoms with van der Waals surface area (Å²) in [5.41, 5.74) is 10.9. The van der Waals surface area contributed by atoms with Gasteiger partial charge in [0.25, 0.3) is 0 Å². The van der Waals surface area contributed by atoms with Gasteiger partial charge in [0.2, 0.25) is 0 Å². The van der Waals surface area contributed by atoms with Gasteiger partial charge in [-0.05, 0) is 44.9 Å². The fourth-order valence-electron chi connectivity index (χ4n) is 3.24. The third-order valence-electron chi connectivity index (χ3n) is 5.17. The first kappa shape index (κ1) is 29.1. The van der Waals surface area contributed by atoms with Crippen LogP contribution in [0.2, 0.25) is 0 Å². The predicted molar refractivity (Wildman–Crippen MR) is 128 cm³/mol. The van der Waals surface area contributed by atoms with Crippen LogP contribution < -0.4 is 16.8 Å². The van der Waals surface area contributed by atoms with Crippen LogP contribution in [0.15, 0.2) is 12.2 Å². The molecule has 6 N–H and O–H groups in total. The lowest BCUT2D eigenvalue weighted by molar-refractivity contribution is -0.160. The molecule has 0 aromatic rings. The van der Waals surface area contributed by atoms with Crippen molar-refractivity contribution in [1.82, 2.24) is 5.32 Å². The van der Waals surface area contributed by atoms with E-state index in [4.69, 9.17) is 21.6 Å². The van der Waals surface area contributed by atoms with Gasteiger partial charge in [-0.3, -0.25) is 10.2 Å². The van der Waals surface area contributed by atoms with Crippen molar-refractivity contribution in [2.75, 3.05) is 6.54 Å². The molecule has 0 spiro atoms. The molecule has 31 heavy (non-hydrogen) atoms. The lowest BCUT2D eigenvalue weighted by Crippen LogP contribution is -2.36. The minimum atomic E-state index is -0.827. The number of rotatable bonds is 20. The Bertz CT molecular complexity index is 509. The summed E-state index contributed by atoms with van der Waals surface area (Å²) in [5, 5.41) is 9.67. The van der Waals surface area contributed by atoms with Crippen molar-refractivity contribution in [3.8, 4) is 0 Å². The van der Waals surface area contributed by atoms with Crippen molar-refractivity contribution in [1.29, 1.82) is 5.41 Å². The van der Waals surface area contributed by atoms with Gasteiger partial charge in [-0.2, -0.15) is 0 Å². The second-order valence-electron chi connectivity index (χ2n) is 8.22. The standard InChI is InChI=1S/C24H46N4O3/c1-2-3-4-5-6-7-8-9-10-11-12-13-14-15-16-19-22(29)31-23(30)21(25)18-17-20-28-24(26)27/h9-10,21H,2-8,11-20,25H2,1H3,(H4,26,27,28)/b10-9-/t21-/m0/s1. The number of unbranched alkanes of at least 4 members (excludes halogenated alkanes) is 11. The Morgan fingerprint density at radius 1 is 0.903 bits per heavy atom.